The predicted octanol–water partition coefficient (Wildman–Crippen LogP) is 2.18. The van der Waals surface area contributed by atoms with Gasteiger partial charge in [0.15, 0.2) is 5.75 Å². The molecule has 0 spiro atoms. The summed E-state index contributed by atoms with van der Waals surface area (Å²) in [5, 5.41) is 8.77. The van der Waals surface area contributed by atoms with Gasteiger partial charge in [-0.15, -0.1) is 0 Å². The zero-order valence-electron chi connectivity index (χ0n) is 12.6. The number of hydrogen-bond donors (Lipinski definition) is 2. The van der Waals surface area contributed by atoms with Crippen LogP contribution < -0.4 is 16.0 Å². The minimum atomic E-state index is -1.57. The van der Waals surface area contributed by atoms with E-state index in [1.54, 1.807) is 6.92 Å². The normalized spacial score (nSPS) is 14.2. The molecule has 6 nitrogen and oxygen atoms in total. The summed E-state index contributed by atoms with van der Waals surface area (Å²) in [6.07, 6.45) is 1.80. The molecule has 0 aromatic carbocycles. The Hall–Kier alpha value is -2.41. The van der Waals surface area contributed by atoms with E-state index in [-0.39, 0.29) is 11.7 Å². The maximum atomic E-state index is 14.3. The van der Waals surface area contributed by atoms with Crippen molar-refractivity contribution in [2.75, 3.05) is 6.54 Å². The average molecular weight is 320 g/mol. The van der Waals surface area contributed by atoms with Crippen LogP contribution in [-0.2, 0) is 6.42 Å². The Balaban J connectivity index is 2.35. The first-order valence-electron chi connectivity index (χ1n) is 7.42. The van der Waals surface area contributed by atoms with Gasteiger partial charge in [0, 0.05) is 6.20 Å². The number of aromatic nitrogens is 1. The van der Waals surface area contributed by atoms with Gasteiger partial charge in [0.1, 0.15) is 5.82 Å². The van der Waals surface area contributed by atoms with Crippen LogP contribution in [-0.4, -0.2) is 22.2 Å². The molecule has 0 atom stereocenters. The maximum absolute atomic E-state index is 14.3. The van der Waals surface area contributed by atoms with Crippen LogP contribution in [0.1, 0.15) is 35.4 Å². The van der Waals surface area contributed by atoms with Gasteiger partial charge in [-0.1, -0.05) is 0 Å². The van der Waals surface area contributed by atoms with E-state index in [1.807, 2.05) is 0 Å². The Morgan fingerprint density at radius 1 is 1.52 bits per heavy atom. The lowest BCUT2D eigenvalue weighted by Gasteiger charge is -2.16. The number of carbonyl (C=O) groups is 1. The molecule has 122 valence electrons. The molecule has 3 rings (SSSR count). The molecular formula is C16H17FN2O4. The number of nitrogens with zero attached hydrogens (tertiary/aromatic N) is 1. The number of fused-ring (bicyclic) bond motifs is 1. The average Bonchev–Trinajstić information content (AvgIpc) is 3.31. The molecule has 1 aliphatic carbocycles. The minimum absolute atomic E-state index is 0.233. The summed E-state index contributed by atoms with van der Waals surface area (Å²) in [5.41, 5.74) is 7.45. The van der Waals surface area contributed by atoms with Crippen molar-refractivity contribution in [1.29, 1.82) is 0 Å². The van der Waals surface area contributed by atoms with Gasteiger partial charge in [-0.05, 0) is 61.4 Å². The topological polar surface area (TPSA) is 94.0 Å². The van der Waals surface area contributed by atoms with Crippen molar-refractivity contribution >= 4 is 11.7 Å². The van der Waals surface area contributed by atoms with Crippen LogP contribution in [0.25, 0.3) is 5.52 Å². The molecule has 2 heterocycles. The standard InChI is InChI=1S/C16H17FN2O4/c1-8-10(4-5-18)12(17)7-19-14(8)11(9-2-3-9)6-13(15(19)20)23-16(21)22/h6-7,9H,2-5,18H2,1H3,(H,21,22). The highest BCUT2D eigenvalue weighted by Crippen LogP contribution is 2.43. The molecule has 1 saturated carbocycles. The Bertz CT molecular complexity index is 856. The summed E-state index contributed by atoms with van der Waals surface area (Å²) in [7, 11) is 0. The molecule has 2 aromatic rings. The van der Waals surface area contributed by atoms with E-state index in [2.05, 4.69) is 4.74 Å². The van der Waals surface area contributed by atoms with Gasteiger partial charge in [-0.25, -0.2) is 9.18 Å². The highest BCUT2D eigenvalue weighted by Gasteiger charge is 2.29. The van der Waals surface area contributed by atoms with Gasteiger partial charge in [-0.2, -0.15) is 0 Å². The van der Waals surface area contributed by atoms with Crippen molar-refractivity contribution in [3.8, 4) is 5.75 Å². The lowest BCUT2D eigenvalue weighted by atomic mass is 10.00. The smallest absolute Gasteiger partial charge is 0.449 e. The third-order valence-corrected chi connectivity index (χ3v) is 4.18. The zero-order chi connectivity index (χ0) is 16.7. The molecule has 0 aliphatic heterocycles. The van der Waals surface area contributed by atoms with Gasteiger partial charge in [0.05, 0.1) is 5.52 Å². The predicted molar refractivity (Wildman–Crippen MR) is 81.7 cm³/mol. The second-order valence-corrected chi connectivity index (χ2v) is 5.75. The number of pyridine rings is 2. The van der Waals surface area contributed by atoms with Gasteiger partial charge < -0.3 is 15.6 Å². The van der Waals surface area contributed by atoms with E-state index in [0.717, 1.165) is 29.0 Å². The summed E-state index contributed by atoms with van der Waals surface area (Å²) in [6, 6.07) is 1.47. The lowest BCUT2D eigenvalue weighted by Crippen LogP contribution is -2.22. The van der Waals surface area contributed by atoms with E-state index < -0.39 is 17.5 Å². The Morgan fingerprint density at radius 3 is 2.78 bits per heavy atom. The SMILES string of the molecule is Cc1c(CCN)c(F)cn2c(=O)c(OC(=O)O)cc(C3CC3)c12. The molecule has 1 aliphatic rings. The summed E-state index contributed by atoms with van der Waals surface area (Å²) >= 11 is 0. The minimum Gasteiger partial charge on any atom is -0.449 e. The fourth-order valence-corrected chi connectivity index (χ4v) is 2.99. The molecule has 1 fully saturated rings. The molecule has 23 heavy (non-hydrogen) atoms. The molecule has 0 saturated heterocycles. The number of ether oxygens (including phenoxy) is 1. The van der Waals surface area contributed by atoms with Gasteiger partial charge in [-0.3, -0.25) is 9.20 Å². The summed E-state index contributed by atoms with van der Waals surface area (Å²) in [6.45, 7) is 2.06. The van der Waals surface area contributed by atoms with Crippen LogP contribution >= 0.6 is 0 Å². The highest BCUT2D eigenvalue weighted by atomic mass is 19.1. The van der Waals surface area contributed by atoms with Crippen molar-refractivity contribution in [3.05, 3.63) is 45.1 Å². The van der Waals surface area contributed by atoms with Gasteiger partial charge in [0.2, 0.25) is 0 Å². The first kappa shape index (κ1) is 15.5. The largest absolute Gasteiger partial charge is 0.511 e. The van der Waals surface area contributed by atoms with Crippen LogP contribution in [0.5, 0.6) is 5.75 Å². The Labute approximate surface area is 131 Å². The van der Waals surface area contributed by atoms with E-state index in [0.29, 0.717) is 29.6 Å². The number of aryl methyl sites for hydroxylation is 1. The van der Waals surface area contributed by atoms with Crippen molar-refractivity contribution < 1.29 is 19.0 Å². The fourth-order valence-electron chi connectivity index (χ4n) is 2.99. The van der Waals surface area contributed by atoms with Gasteiger partial charge >= 0.3 is 6.16 Å². The van der Waals surface area contributed by atoms with Crippen molar-refractivity contribution in [2.24, 2.45) is 5.73 Å². The number of halogens is 1. The van der Waals surface area contributed by atoms with Crippen LogP contribution in [0.15, 0.2) is 17.1 Å². The van der Waals surface area contributed by atoms with Crippen LogP contribution in [0.2, 0.25) is 0 Å². The Morgan fingerprint density at radius 2 is 2.22 bits per heavy atom. The molecular weight excluding hydrogens is 303 g/mol. The molecule has 0 unspecified atom stereocenters. The van der Waals surface area contributed by atoms with E-state index >= 15 is 0 Å². The quantitative estimate of drug-likeness (QED) is 0.842. The summed E-state index contributed by atoms with van der Waals surface area (Å²) < 4.78 is 20.0. The third kappa shape index (κ3) is 2.68. The maximum Gasteiger partial charge on any atom is 0.511 e. The van der Waals surface area contributed by atoms with Crippen molar-refractivity contribution in [3.63, 3.8) is 0 Å². The highest BCUT2D eigenvalue weighted by molar-refractivity contribution is 5.68. The molecule has 2 aromatic heterocycles. The van der Waals surface area contributed by atoms with Crippen molar-refractivity contribution in [1.82, 2.24) is 4.40 Å². The molecule has 0 bridgehead atoms. The molecule has 3 N–H and O–H groups in total. The van der Waals surface area contributed by atoms with Crippen LogP contribution in [0, 0.1) is 12.7 Å². The van der Waals surface area contributed by atoms with E-state index in [1.165, 1.54) is 6.07 Å². The lowest BCUT2D eigenvalue weighted by molar-refractivity contribution is 0.143. The second kappa shape index (κ2) is 5.66. The first-order chi connectivity index (χ1) is 10.9. The fraction of sp³-hybridized carbons (Fsp3) is 0.375. The molecule has 7 heteroatoms. The van der Waals surface area contributed by atoms with E-state index in [4.69, 9.17) is 10.8 Å². The summed E-state index contributed by atoms with van der Waals surface area (Å²) in [4.78, 5) is 23.2. The zero-order valence-corrected chi connectivity index (χ0v) is 12.6. The second-order valence-electron chi connectivity index (χ2n) is 5.75. The number of hydrogen-bond acceptors (Lipinski definition) is 4. The summed E-state index contributed by atoms with van der Waals surface area (Å²) in [5.74, 6) is -0.601. The van der Waals surface area contributed by atoms with Crippen molar-refractivity contribution in [2.45, 2.75) is 32.1 Å². The van der Waals surface area contributed by atoms with E-state index in [9.17, 15) is 14.0 Å². The number of nitrogens with two attached hydrogens (primary N) is 1. The monoisotopic (exact) mass is 320 g/mol. The number of carboxylic acid groups (broad SMARTS) is 1. The Kier molecular flexibility index (Phi) is 3.81. The van der Waals surface area contributed by atoms with Gasteiger partial charge in [0.25, 0.3) is 5.56 Å². The first-order valence-corrected chi connectivity index (χ1v) is 7.42. The molecule has 0 radical (unpaired) electrons. The van der Waals surface area contributed by atoms with Crippen LogP contribution in [0.3, 0.4) is 0 Å². The number of rotatable bonds is 4. The third-order valence-electron chi connectivity index (χ3n) is 4.18. The van der Waals surface area contributed by atoms with Crippen LogP contribution in [0.4, 0.5) is 9.18 Å². The molecule has 0 amide bonds.